The molecule has 1 aliphatic heterocycles. The molecule has 1 saturated heterocycles. The molecule has 25 heavy (non-hydrogen) atoms. The standard InChI is InChI=1S/C15H21N5O4S/c1-10-15(11(2)24-18-10)25(21,22)20-8-7-12(9-20)23-14-6-5-13(16-17-14)19(3)4/h5-6,12H,7-9H2,1-4H3. The van der Waals surface area contributed by atoms with Gasteiger partial charge in [-0.3, -0.25) is 0 Å². The highest BCUT2D eigenvalue weighted by Gasteiger charge is 2.37. The van der Waals surface area contributed by atoms with Gasteiger partial charge in [0.25, 0.3) is 0 Å². The molecule has 2 aromatic rings. The van der Waals surface area contributed by atoms with Crippen molar-refractivity contribution in [1.29, 1.82) is 0 Å². The van der Waals surface area contributed by atoms with E-state index in [0.717, 1.165) is 5.82 Å². The fourth-order valence-electron chi connectivity index (χ4n) is 2.77. The fraction of sp³-hybridized carbons (Fsp3) is 0.533. The summed E-state index contributed by atoms with van der Waals surface area (Å²) in [6.45, 7) is 3.85. The Hall–Kier alpha value is -2.20. The van der Waals surface area contributed by atoms with Crippen molar-refractivity contribution in [3.8, 4) is 5.88 Å². The van der Waals surface area contributed by atoms with E-state index in [1.54, 1.807) is 26.0 Å². The summed E-state index contributed by atoms with van der Waals surface area (Å²) in [7, 11) is 0.102. The minimum Gasteiger partial charge on any atom is -0.472 e. The van der Waals surface area contributed by atoms with Crippen molar-refractivity contribution in [3.05, 3.63) is 23.6 Å². The van der Waals surface area contributed by atoms with Crippen LogP contribution in [0.2, 0.25) is 0 Å². The SMILES string of the molecule is Cc1noc(C)c1S(=O)(=O)N1CCC(Oc2ccc(N(C)C)nn2)C1. The van der Waals surface area contributed by atoms with Crippen molar-refractivity contribution >= 4 is 15.8 Å². The van der Waals surface area contributed by atoms with E-state index < -0.39 is 10.0 Å². The zero-order valence-corrected chi connectivity index (χ0v) is 15.4. The highest BCUT2D eigenvalue weighted by Crippen LogP contribution is 2.27. The summed E-state index contributed by atoms with van der Waals surface area (Å²) in [5.74, 6) is 1.40. The third-order valence-electron chi connectivity index (χ3n) is 4.05. The van der Waals surface area contributed by atoms with Gasteiger partial charge in [0.2, 0.25) is 15.9 Å². The van der Waals surface area contributed by atoms with Gasteiger partial charge >= 0.3 is 0 Å². The topological polar surface area (TPSA) is 102 Å². The van der Waals surface area contributed by atoms with E-state index >= 15 is 0 Å². The predicted molar refractivity (Wildman–Crippen MR) is 90.1 cm³/mol. The normalized spacial score (nSPS) is 18.5. The number of rotatable bonds is 5. The summed E-state index contributed by atoms with van der Waals surface area (Å²) in [5.41, 5.74) is 0.368. The van der Waals surface area contributed by atoms with Crippen LogP contribution in [-0.2, 0) is 10.0 Å². The van der Waals surface area contributed by atoms with Gasteiger partial charge in [0.15, 0.2) is 11.6 Å². The molecule has 1 fully saturated rings. The minimum atomic E-state index is -3.65. The molecule has 3 rings (SSSR count). The number of ether oxygens (including phenoxy) is 1. The summed E-state index contributed by atoms with van der Waals surface area (Å²) in [6.07, 6.45) is 0.314. The van der Waals surface area contributed by atoms with Crippen LogP contribution in [0.4, 0.5) is 5.82 Å². The van der Waals surface area contributed by atoms with Crippen LogP contribution < -0.4 is 9.64 Å². The quantitative estimate of drug-likeness (QED) is 0.771. The van der Waals surface area contributed by atoms with Gasteiger partial charge in [-0.15, -0.1) is 10.2 Å². The first-order valence-corrected chi connectivity index (χ1v) is 9.34. The average Bonchev–Trinajstić information content (AvgIpc) is 3.15. The zero-order valence-electron chi connectivity index (χ0n) is 14.6. The minimum absolute atomic E-state index is 0.142. The highest BCUT2D eigenvalue weighted by atomic mass is 32.2. The van der Waals surface area contributed by atoms with Gasteiger partial charge < -0.3 is 14.2 Å². The lowest BCUT2D eigenvalue weighted by atomic mass is 10.3. The molecule has 10 heteroatoms. The number of sulfonamides is 1. The Balaban J connectivity index is 1.69. The second-order valence-electron chi connectivity index (χ2n) is 6.17. The number of nitrogens with zero attached hydrogens (tertiary/aromatic N) is 5. The van der Waals surface area contributed by atoms with E-state index in [0.29, 0.717) is 30.3 Å². The summed E-state index contributed by atoms with van der Waals surface area (Å²) in [6, 6.07) is 3.53. The van der Waals surface area contributed by atoms with E-state index in [-0.39, 0.29) is 17.5 Å². The Morgan fingerprint density at radius 3 is 2.60 bits per heavy atom. The van der Waals surface area contributed by atoms with Crippen LogP contribution in [0, 0.1) is 13.8 Å². The Kier molecular flexibility index (Phi) is 4.65. The smallest absolute Gasteiger partial charge is 0.248 e. The van der Waals surface area contributed by atoms with Crippen LogP contribution in [0.15, 0.2) is 21.6 Å². The van der Waals surface area contributed by atoms with E-state index in [9.17, 15) is 8.42 Å². The van der Waals surface area contributed by atoms with Crippen LogP contribution in [-0.4, -0.2) is 61.4 Å². The number of aromatic nitrogens is 3. The van der Waals surface area contributed by atoms with Crippen molar-refractivity contribution in [3.63, 3.8) is 0 Å². The van der Waals surface area contributed by atoms with Crippen molar-refractivity contribution in [2.45, 2.75) is 31.3 Å². The van der Waals surface area contributed by atoms with Crippen LogP contribution in [0.3, 0.4) is 0 Å². The first kappa shape index (κ1) is 17.6. The molecular weight excluding hydrogens is 346 g/mol. The van der Waals surface area contributed by atoms with Crippen molar-refractivity contribution in [2.75, 3.05) is 32.1 Å². The number of hydrogen-bond donors (Lipinski definition) is 0. The van der Waals surface area contributed by atoms with Gasteiger partial charge in [0.05, 0.1) is 6.54 Å². The molecule has 1 aliphatic rings. The first-order valence-electron chi connectivity index (χ1n) is 7.90. The Morgan fingerprint density at radius 1 is 1.28 bits per heavy atom. The third-order valence-corrected chi connectivity index (χ3v) is 6.16. The molecule has 0 radical (unpaired) electrons. The van der Waals surface area contributed by atoms with Gasteiger partial charge in [0.1, 0.15) is 16.7 Å². The molecule has 0 saturated carbocycles. The van der Waals surface area contributed by atoms with Crippen LogP contribution in [0.5, 0.6) is 5.88 Å². The number of anilines is 1. The van der Waals surface area contributed by atoms with E-state index in [4.69, 9.17) is 9.26 Å². The van der Waals surface area contributed by atoms with Gasteiger partial charge in [-0.25, -0.2) is 8.42 Å². The molecule has 2 aromatic heterocycles. The predicted octanol–water partition coefficient (Wildman–Crippen LogP) is 0.989. The lowest BCUT2D eigenvalue weighted by Crippen LogP contribution is -2.31. The first-order chi connectivity index (χ1) is 11.8. The highest BCUT2D eigenvalue weighted by molar-refractivity contribution is 7.89. The maximum Gasteiger partial charge on any atom is 0.248 e. The van der Waals surface area contributed by atoms with Gasteiger partial charge in [-0.1, -0.05) is 5.16 Å². The second kappa shape index (κ2) is 6.60. The van der Waals surface area contributed by atoms with E-state index in [2.05, 4.69) is 15.4 Å². The zero-order chi connectivity index (χ0) is 18.2. The fourth-order valence-corrected chi connectivity index (χ4v) is 4.55. The summed E-state index contributed by atoms with van der Waals surface area (Å²) in [4.78, 5) is 1.98. The van der Waals surface area contributed by atoms with Crippen molar-refractivity contribution in [2.24, 2.45) is 0 Å². The molecule has 0 aromatic carbocycles. The molecular formula is C15H21N5O4S. The maximum atomic E-state index is 12.8. The molecule has 0 spiro atoms. The van der Waals surface area contributed by atoms with Gasteiger partial charge in [-0.05, 0) is 26.3 Å². The summed E-state index contributed by atoms with van der Waals surface area (Å²) in [5, 5.41) is 11.8. The van der Waals surface area contributed by atoms with Crippen LogP contribution >= 0.6 is 0 Å². The Bertz CT molecular complexity index is 828. The molecule has 9 nitrogen and oxygen atoms in total. The molecule has 1 unspecified atom stereocenters. The lowest BCUT2D eigenvalue weighted by molar-refractivity contribution is 0.204. The van der Waals surface area contributed by atoms with Crippen LogP contribution in [0.1, 0.15) is 17.9 Å². The van der Waals surface area contributed by atoms with Gasteiger partial charge in [-0.2, -0.15) is 4.31 Å². The molecule has 1 atom stereocenters. The number of aryl methyl sites for hydroxylation is 2. The average molecular weight is 367 g/mol. The molecule has 0 bridgehead atoms. The van der Waals surface area contributed by atoms with E-state index in [1.807, 2.05) is 19.0 Å². The maximum absolute atomic E-state index is 12.8. The molecule has 0 aliphatic carbocycles. The largest absolute Gasteiger partial charge is 0.472 e. The van der Waals surface area contributed by atoms with Crippen molar-refractivity contribution in [1.82, 2.24) is 19.7 Å². The third kappa shape index (κ3) is 3.45. The van der Waals surface area contributed by atoms with Crippen LogP contribution in [0.25, 0.3) is 0 Å². The monoisotopic (exact) mass is 367 g/mol. The summed E-state index contributed by atoms with van der Waals surface area (Å²) >= 11 is 0. The number of hydrogen-bond acceptors (Lipinski definition) is 8. The Morgan fingerprint density at radius 2 is 2.04 bits per heavy atom. The molecule has 0 amide bonds. The molecule has 3 heterocycles. The second-order valence-corrected chi connectivity index (χ2v) is 8.04. The molecule has 0 N–H and O–H groups in total. The van der Waals surface area contributed by atoms with E-state index in [1.165, 1.54) is 4.31 Å². The molecule has 136 valence electrons. The summed E-state index contributed by atoms with van der Waals surface area (Å²) < 4.78 is 37.7. The lowest BCUT2D eigenvalue weighted by Gasteiger charge is -2.17. The Labute approximate surface area is 146 Å². The van der Waals surface area contributed by atoms with Crippen molar-refractivity contribution < 1.29 is 17.7 Å². The van der Waals surface area contributed by atoms with Gasteiger partial charge in [0, 0.05) is 26.7 Å².